The van der Waals surface area contributed by atoms with E-state index in [0.717, 1.165) is 17.8 Å². The maximum absolute atomic E-state index is 13.8. The fourth-order valence-electron chi connectivity index (χ4n) is 3.94. The van der Waals surface area contributed by atoms with Gasteiger partial charge in [0.25, 0.3) is 0 Å². The SMILES string of the molecule is CC(C)c1cnc2c(NCc3cccc4c3C=CC4)nc(-c3cncc(F)c3)cn12. The van der Waals surface area contributed by atoms with Crippen LogP contribution in [0, 0.1) is 5.82 Å². The van der Waals surface area contributed by atoms with Gasteiger partial charge in [-0.15, -0.1) is 0 Å². The molecule has 3 aromatic heterocycles. The first-order valence-corrected chi connectivity index (χ1v) is 10.1. The lowest BCUT2D eigenvalue weighted by molar-refractivity contribution is 0.622. The van der Waals surface area contributed by atoms with Gasteiger partial charge in [-0.25, -0.2) is 14.4 Å². The molecule has 0 bridgehead atoms. The molecule has 0 fully saturated rings. The number of halogens is 1. The second-order valence-electron chi connectivity index (χ2n) is 7.85. The van der Waals surface area contributed by atoms with Crippen LogP contribution in [0.4, 0.5) is 10.2 Å². The zero-order valence-corrected chi connectivity index (χ0v) is 16.9. The summed E-state index contributed by atoms with van der Waals surface area (Å²) < 4.78 is 15.8. The molecule has 4 aromatic rings. The van der Waals surface area contributed by atoms with Crippen molar-refractivity contribution in [3.8, 4) is 11.3 Å². The maximum Gasteiger partial charge on any atom is 0.180 e. The standard InChI is InChI=1S/C24H22FN5/c1-15(2)22-13-28-24-23(27-11-17-7-3-5-16-6-4-8-20(16)17)29-21(14-30(22)24)18-9-19(25)12-26-10-18/h3-5,7-10,12-15H,6,11H2,1-2H3,(H,27,29). The summed E-state index contributed by atoms with van der Waals surface area (Å²) in [5, 5.41) is 3.47. The van der Waals surface area contributed by atoms with E-state index in [-0.39, 0.29) is 11.7 Å². The van der Waals surface area contributed by atoms with Crippen LogP contribution >= 0.6 is 0 Å². The van der Waals surface area contributed by atoms with Crippen molar-refractivity contribution in [2.45, 2.75) is 32.7 Å². The predicted octanol–water partition coefficient (Wildman–Crippen LogP) is 5.24. The Balaban J connectivity index is 1.58. The van der Waals surface area contributed by atoms with E-state index >= 15 is 0 Å². The van der Waals surface area contributed by atoms with Gasteiger partial charge in [-0.3, -0.25) is 9.38 Å². The summed E-state index contributed by atoms with van der Waals surface area (Å²) >= 11 is 0. The number of anilines is 1. The van der Waals surface area contributed by atoms with Crippen molar-refractivity contribution in [2.75, 3.05) is 5.32 Å². The van der Waals surface area contributed by atoms with E-state index in [1.54, 1.807) is 6.20 Å². The lowest BCUT2D eigenvalue weighted by Crippen LogP contribution is -2.07. The molecule has 6 heteroatoms. The third-order valence-electron chi connectivity index (χ3n) is 5.47. The van der Waals surface area contributed by atoms with Crippen LogP contribution in [0.15, 0.2) is 55.1 Å². The molecule has 0 spiro atoms. The van der Waals surface area contributed by atoms with Crippen molar-refractivity contribution < 1.29 is 4.39 Å². The highest BCUT2D eigenvalue weighted by molar-refractivity contribution is 5.70. The van der Waals surface area contributed by atoms with Gasteiger partial charge in [-0.05, 0) is 35.1 Å². The minimum Gasteiger partial charge on any atom is -0.363 e. The van der Waals surface area contributed by atoms with Gasteiger partial charge in [-0.1, -0.05) is 44.2 Å². The van der Waals surface area contributed by atoms with E-state index in [9.17, 15) is 4.39 Å². The normalized spacial score (nSPS) is 12.7. The maximum atomic E-state index is 13.8. The monoisotopic (exact) mass is 399 g/mol. The summed E-state index contributed by atoms with van der Waals surface area (Å²) in [6, 6.07) is 7.83. The summed E-state index contributed by atoms with van der Waals surface area (Å²) in [6.07, 6.45) is 11.9. The largest absolute Gasteiger partial charge is 0.363 e. The number of allylic oxidation sites excluding steroid dienone is 1. The fraction of sp³-hybridized carbons (Fsp3) is 0.208. The Bertz CT molecular complexity index is 1270. The lowest BCUT2D eigenvalue weighted by Gasteiger charge is -2.13. The summed E-state index contributed by atoms with van der Waals surface area (Å²) in [6.45, 7) is 4.88. The van der Waals surface area contributed by atoms with Crippen molar-refractivity contribution in [1.82, 2.24) is 19.4 Å². The van der Waals surface area contributed by atoms with E-state index in [1.165, 1.54) is 29.0 Å². The zero-order chi connectivity index (χ0) is 20.7. The Hall–Kier alpha value is -3.54. The van der Waals surface area contributed by atoms with Gasteiger partial charge in [0.1, 0.15) is 5.82 Å². The Kier molecular flexibility index (Phi) is 4.54. The summed E-state index contributed by atoms with van der Waals surface area (Å²) in [4.78, 5) is 13.4. The van der Waals surface area contributed by atoms with Crippen LogP contribution in [-0.2, 0) is 13.0 Å². The Morgan fingerprint density at radius 2 is 2.10 bits per heavy atom. The second kappa shape index (κ2) is 7.37. The Labute approximate surface area is 174 Å². The van der Waals surface area contributed by atoms with Gasteiger partial charge >= 0.3 is 0 Å². The Morgan fingerprint density at radius 3 is 2.93 bits per heavy atom. The molecule has 30 heavy (non-hydrogen) atoms. The minimum atomic E-state index is -0.384. The molecule has 150 valence electrons. The molecular weight excluding hydrogens is 377 g/mol. The quantitative estimate of drug-likeness (QED) is 0.499. The van der Waals surface area contributed by atoms with E-state index in [0.29, 0.717) is 23.6 Å². The van der Waals surface area contributed by atoms with Gasteiger partial charge in [0, 0.05) is 36.4 Å². The number of pyridine rings is 1. The molecule has 5 rings (SSSR count). The molecule has 1 aliphatic rings. The average molecular weight is 399 g/mol. The van der Waals surface area contributed by atoms with Crippen LogP contribution in [0.25, 0.3) is 23.0 Å². The molecule has 1 aliphatic carbocycles. The summed E-state index contributed by atoms with van der Waals surface area (Å²) in [7, 11) is 0. The molecule has 5 nitrogen and oxygen atoms in total. The number of fused-ring (bicyclic) bond motifs is 2. The predicted molar refractivity (Wildman–Crippen MR) is 117 cm³/mol. The third kappa shape index (κ3) is 3.24. The Morgan fingerprint density at radius 1 is 1.20 bits per heavy atom. The van der Waals surface area contributed by atoms with E-state index < -0.39 is 0 Å². The minimum absolute atomic E-state index is 0.288. The molecular formula is C24H22FN5. The highest BCUT2D eigenvalue weighted by atomic mass is 19.1. The van der Waals surface area contributed by atoms with Gasteiger partial charge in [0.05, 0.1) is 11.9 Å². The lowest BCUT2D eigenvalue weighted by atomic mass is 10.0. The number of rotatable bonds is 5. The van der Waals surface area contributed by atoms with Gasteiger partial charge in [-0.2, -0.15) is 0 Å². The van der Waals surface area contributed by atoms with Crippen LogP contribution < -0.4 is 5.32 Å². The van der Waals surface area contributed by atoms with Crippen molar-refractivity contribution in [2.24, 2.45) is 0 Å². The van der Waals surface area contributed by atoms with E-state index in [2.05, 4.69) is 59.5 Å². The van der Waals surface area contributed by atoms with Gasteiger partial charge in [0.15, 0.2) is 11.5 Å². The number of benzene rings is 1. The van der Waals surface area contributed by atoms with E-state index in [4.69, 9.17) is 4.98 Å². The van der Waals surface area contributed by atoms with Crippen LogP contribution in [0.2, 0.25) is 0 Å². The average Bonchev–Trinajstić information content (AvgIpc) is 3.39. The number of nitrogens with zero attached hydrogens (tertiary/aromatic N) is 4. The highest BCUT2D eigenvalue weighted by Crippen LogP contribution is 2.28. The zero-order valence-electron chi connectivity index (χ0n) is 16.9. The van der Waals surface area contributed by atoms with Crippen molar-refractivity contribution >= 4 is 17.5 Å². The molecule has 0 unspecified atom stereocenters. The van der Waals surface area contributed by atoms with Crippen LogP contribution in [-0.4, -0.2) is 19.4 Å². The highest BCUT2D eigenvalue weighted by Gasteiger charge is 2.16. The first-order chi connectivity index (χ1) is 14.6. The fourth-order valence-corrected chi connectivity index (χ4v) is 3.94. The topological polar surface area (TPSA) is 55.1 Å². The molecule has 1 N–H and O–H groups in total. The third-order valence-corrected chi connectivity index (χ3v) is 5.47. The van der Waals surface area contributed by atoms with E-state index in [1.807, 2.05) is 16.8 Å². The number of nitrogens with one attached hydrogen (secondary N) is 1. The number of hydrogen-bond donors (Lipinski definition) is 1. The molecule has 0 atom stereocenters. The van der Waals surface area contributed by atoms with Crippen molar-refractivity contribution in [3.05, 3.63) is 83.3 Å². The van der Waals surface area contributed by atoms with Crippen LogP contribution in [0.3, 0.4) is 0 Å². The molecule has 0 radical (unpaired) electrons. The van der Waals surface area contributed by atoms with Crippen LogP contribution in [0.1, 0.15) is 42.1 Å². The van der Waals surface area contributed by atoms with Crippen molar-refractivity contribution in [3.63, 3.8) is 0 Å². The molecule has 0 aliphatic heterocycles. The molecule has 1 aromatic carbocycles. The number of aromatic nitrogens is 4. The molecule has 0 amide bonds. The van der Waals surface area contributed by atoms with Crippen LogP contribution in [0.5, 0.6) is 0 Å². The second-order valence-corrected chi connectivity index (χ2v) is 7.85. The number of imidazole rings is 1. The first-order valence-electron chi connectivity index (χ1n) is 10.1. The smallest absolute Gasteiger partial charge is 0.180 e. The summed E-state index contributed by atoms with van der Waals surface area (Å²) in [5.74, 6) is 0.574. The summed E-state index contributed by atoms with van der Waals surface area (Å²) in [5.41, 5.74) is 6.95. The molecule has 0 saturated heterocycles. The molecule has 3 heterocycles. The van der Waals surface area contributed by atoms with Gasteiger partial charge < -0.3 is 5.32 Å². The van der Waals surface area contributed by atoms with Gasteiger partial charge in [0.2, 0.25) is 0 Å². The molecule has 0 saturated carbocycles. The number of hydrogen-bond acceptors (Lipinski definition) is 4. The van der Waals surface area contributed by atoms with Crippen molar-refractivity contribution in [1.29, 1.82) is 0 Å². The first kappa shape index (κ1) is 18.5.